The van der Waals surface area contributed by atoms with Crippen molar-refractivity contribution in [2.45, 2.75) is 96.7 Å². The molecule has 1 amide bonds. The molecule has 1 aromatic carbocycles. The number of nitrogens with one attached hydrogen (secondary N) is 2. The zero-order chi connectivity index (χ0) is 30.4. The summed E-state index contributed by atoms with van der Waals surface area (Å²) in [6.45, 7) is 10.8. The molecule has 1 saturated heterocycles. The maximum Gasteiger partial charge on any atom is 0.223 e. The van der Waals surface area contributed by atoms with E-state index in [1.54, 1.807) is 13.3 Å². The molecule has 2 aromatic rings. The summed E-state index contributed by atoms with van der Waals surface area (Å²) in [6.07, 6.45) is 6.90. The van der Waals surface area contributed by atoms with E-state index in [9.17, 15) is 15.2 Å². The number of rotatable bonds is 15. The van der Waals surface area contributed by atoms with Gasteiger partial charge in [0.05, 0.1) is 11.7 Å². The van der Waals surface area contributed by atoms with Crippen LogP contribution in [0.2, 0.25) is 0 Å². The van der Waals surface area contributed by atoms with E-state index in [-0.39, 0.29) is 41.0 Å². The fourth-order valence-corrected chi connectivity index (χ4v) is 7.19. The number of nitrogens with zero attached hydrogens (tertiary/aromatic N) is 1. The highest BCUT2D eigenvalue weighted by atomic mass is 16.5. The van der Waals surface area contributed by atoms with Gasteiger partial charge in [-0.25, -0.2) is 0 Å². The molecule has 0 bridgehead atoms. The lowest BCUT2D eigenvalue weighted by Crippen LogP contribution is -2.44. The first-order valence-corrected chi connectivity index (χ1v) is 15.9. The van der Waals surface area contributed by atoms with Crippen LogP contribution in [-0.2, 0) is 14.3 Å². The fourth-order valence-electron chi connectivity index (χ4n) is 7.19. The highest BCUT2D eigenvalue weighted by molar-refractivity contribution is 5.86. The van der Waals surface area contributed by atoms with Crippen molar-refractivity contribution in [2.75, 3.05) is 26.9 Å². The zero-order valence-electron chi connectivity index (χ0n) is 26.2. The minimum absolute atomic E-state index is 0.0402. The highest BCUT2D eigenvalue weighted by Crippen LogP contribution is 2.53. The summed E-state index contributed by atoms with van der Waals surface area (Å²) in [7, 11) is 1.73. The molecule has 6 atom stereocenters. The molecule has 1 aromatic heterocycles. The first-order chi connectivity index (χ1) is 20.1. The van der Waals surface area contributed by atoms with E-state index in [1.165, 1.54) is 5.56 Å². The molecule has 2 heterocycles. The Morgan fingerprint density at radius 1 is 1.24 bits per heavy atom. The lowest BCUT2D eigenvalue weighted by Gasteiger charge is -2.35. The van der Waals surface area contributed by atoms with Crippen molar-refractivity contribution >= 4 is 16.8 Å². The van der Waals surface area contributed by atoms with Gasteiger partial charge in [-0.05, 0) is 85.7 Å². The van der Waals surface area contributed by atoms with Crippen LogP contribution in [0.3, 0.4) is 0 Å². The number of nitriles is 1. The molecule has 5 unspecified atom stereocenters. The van der Waals surface area contributed by atoms with Gasteiger partial charge in [0.1, 0.15) is 6.07 Å². The number of aliphatic hydroxyl groups is 1. The van der Waals surface area contributed by atoms with E-state index in [4.69, 9.17) is 15.2 Å². The van der Waals surface area contributed by atoms with Crippen molar-refractivity contribution in [3.05, 3.63) is 35.5 Å². The average molecular weight is 581 g/mol. The molecule has 0 radical (unpaired) electrons. The summed E-state index contributed by atoms with van der Waals surface area (Å²) in [5.74, 6) is 0.623. The predicted octanol–water partition coefficient (Wildman–Crippen LogP) is 5.25. The number of carbonyl (C=O) groups excluding carboxylic acids is 1. The number of aromatic amines is 1. The number of methoxy groups -OCH3 is 1. The molecule has 1 aliphatic carbocycles. The van der Waals surface area contributed by atoms with Gasteiger partial charge in [-0.3, -0.25) is 4.79 Å². The van der Waals surface area contributed by atoms with E-state index in [0.29, 0.717) is 30.9 Å². The van der Waals surface area contributed by atoms with Crippen molar-refractivity contribution in [3.8, 4) is 6.07 Å². The third-order valence-electron chi connectivity index (χ3n) is 10.2. The van der Waals surface area contributed by atoms with E-state index in [2.05, 4.69) is 56.2 Å². The molecule has 232 valence electrons. The van der Waals surface area contributed by atoms with Gasteiger partial charge in [-0.1, -0.05) is 39.8 Å². The molecule has 2 aliphatic rings. The second-order valence-corrected chi connectivity index (χ2v) is 13.6. The fraction of sp³-hybridized carbons (Fsp3) is 0.706. The second-order valence-electron chi connectivity index (χ2n) is 13.6. The van der Waals surface area contributed by atoms with Gasteiger partial charge in [0.25, 0.3) is 0 Å². The Labute approximate surface area is 251 Å². The maximum atomic E-state index is 13.4. The first kappa shape index (κ1) is 32.5. The summed E-state index contributed by atoms with van der Waals surface area (Å²) in [6, 6.07) is 8.36. The van der Waals surface area contributed by atoms with Crippen molar-refractivity contribution in [1.29, 1.82) is 5.26 Å². The van der Waals surface area contributed by atoms with Crippen LogP contribution in [0.15, 0.2) is 24.4 Å². The minimum Gasteiger partial charge on any atom is -0.391 e. The van der Waals surface area contributed by atoms with Crippen LogP contribution in [0.1, 0.15) is 89.7 Å². The number of aromatic nitrogens is 1. The van der Waals surface area contributed by atoms with E-state index in [0.717, 1.165) is 56.2 Å². The molecule has 2 fully saturated rings. The standard InChI is InChI=1S/C34H52N4O4/c1-21(2)27(25(7-6-12-41-5)23-8-9-26-24(19-35)20-37-30(26)15-23)16-29(36)31(39)17-28(22(3)4)33(40)38-32-18-34(32)10-13-42-14-11-34/h8-9,15,20-22,25,27-29,31-32,37,39H,6-7,10-14,16-18,36H2,1-5H3,(H,38,40)/t25?,27?,28?,29?,31-,32?/m1/s1. The van der Waals surface area contributed by atoms with Crippen LogP contribution >= 0.6 is 0 Å². The van der Waals surface area contributed by atoms with Crippen LogP contribution < -0.4 is 11.1 Å². The molecule has 1 spiro atoms. The van der Waals surface area contributed by atoms with Gasteiger partial charge >= 0.3 is 0 Å². The number of ether oxygens (including phenoxy) is 2. The number of benzene rings is 1. The Kier molecular flexibility index (Phi) is 11.1. The normalized spacial score (nSPS) is 21.7. The summed E-state index contributed by atoms with van der Waals surface area (Å²) in [5.41, 5.74) is 9.77. The van der Waals surface area contributed by atoms with Crippen molar-refractivity contribution in [3.63, 3.8) is 0 Å². The number of nitrogens with two attached hydrogens (primary N) is 1. The molecular weight excluding hydrogens is 528 g/mol. The monoisotopic (exact) mass is 580 g/mol. The Bertz CT molecular complexity index is 1210. The highest BCUT2D eigenvalue weighted by Gasteiger charge is 2.55. The Balaban J connectivity index is 1.45. The number of H-pyrrole nitrogens is 1. The van der Waals surface area contributed by atoms with Crippen LogP contribution in [0.4, 0.5) is 0 Å². The van der Waals surface area contributed by atoms with Gasteiger partial charge < -0.3 is 30.6 Å². The summed E-state index contributed by atoms with van der Waals surface area (Å²) in [5, 5.41) is 25.0. The summed E-state index contributed by atoms with van der Waals surface area (Å²) < 4.78 is 10.9. The maximum absolute atomic E-state index is 13.4. The van der Waals surface area contributed by atoms with Gasteiger partial charge in [0.15, 0.2) is 0 Å². The van der Waals surface area contributed by atoms with Crippen molar-refractivity contribution in [2.24, 2.45) is 34.8 Å². The number of aliphatic hydroxyl groups excluding tert-OH is 1. The number of amides is 1. The molecule has 42 heavy (non-hydrogen) atoms. The van der Waals surface area contributed by atoms with Crippen LogP contribution in [-0.4, -0.2) is 61.1 Å². The Hall–Kier alpha value is -2.44. The Morgan fingerprint density at radius 2 is 1.98 bits per heavy atom. The van der Waals surface area contributed by atoms with Crippen molar-refractivity contribution < 1.29 is 19.4 Å². The third kappa shape index (κ3) is 7.55. The topological polar surface area (TPSA) is 133 Å². The number of fused-ring (bicyclic) bond motifs is 1. The Morgan fingerprint density at radius 3 is 2.62 bits per heavy atom. The SMILES string of the molecule is COCCCC(c1ccc2c(C#N)c[nH]c2c1)C(CC(N)[C@H](O)CC(C(=O)NC1CC12CCOCC2)C(C)C)C(C)C. The third-order valence-corrected chi connectivity index (χ3v) is 10.2. The van der Waals surface area contributed by atoms with Crippen LogP contribution in [0.25, 0.3) is 10.9 Å². The zero-order valence-corrected chi connectivity index (χ0v) is 26.2. The number of hydrogen-bond acceptors (Lipinski definition) is 6. The van der Waals surface area contributed by atoms with Gasteiger partial charge in [0.2, 0.25) is 5.91 Å². The molecule has 8 heteroatoms. The lowest BCUT2D eigenvalue weighted by atomic mass is 9.72. The largest absolute Gasteiger partial charge is 0.391 e. The molecule has 5 N–H and O–H groups in total. The van der Waals surface area contributed by atoms with E-state index < -0.39 is 12.1 Å². The predicted molar refractivity (Wildman–Crippen MR) is 166 cm³/mol. The van der Waals surface area contributed by atoms with E-state index in [1.807, 2.05) is 6.07 Å². The van der Waals surface area contributed by atoms with Gasteiger partial charge in [-0.2, -0.15) is 5.26 Å². The second kappa shape index (κ2) is 14.4. The van der Waals surface area contributed by atoms with Crippen molar-refractivity contribution in [1.82, 2.24) is 10.3 Å². The molecule has 1 saturated carbocycles. The number of hydrogen-bond donors (Lipinski definition) is 4. The minimum atomic E-state index is -0.774. The average Bonchev–Trinajstić information content (AvgIpc) is 3.43. The van der Waals surface area contributed by atoms with Crippen LogP contribution in [0.5, 0.6) is 0 Å². The lowest BCUT2D eigenvalue weighted by molar-refractivity contribution is -0.128. The molecule has 8 nitrogen and oxygen atoms in total. The smallest absolute Gasteiger partial charge is 0.223 e. The first-order valence-electron chi connectivity index (χ1n) is 15.9. The van der Waals surface area contributed by atoms with E-state index >= 15 is 0 Å². The molecular formula is C34H52N4O4. The summed E-state index contributed by atoms with van der Waals surface area (Å²) in [4.78, 5) is 16.6. The molecule has 1 aliphatic heterocycles. The van der Waals surface area contributed by atoms with Gasteiger partial charge in [0, 0.05) is 62.0 Å². The van der Waals surface area contributed by atoms with Gasteiger partial charge in [-0.15, -0.1) is 0 Å². The quantitative estimate of drug-likeness (QED) is 0.213. The number of carbonyl (C=O) groups is 1. The summed E-state index contributed by atoms with van der Waals surface area (Å²) >= 11 is 0. The molecule has 4 rings (SSSR count). The van der Waals surface area contributed by atoms with Crippen LogP contribution in [0, 0.1) is 40.4 Å².